The molecule has 92 valence electrons. The van der Waals surface area contributed by atoms with Crippen molar-refractivity contribution in [1.29, 1.82) is 0 Å². The molecule has 0 aliphatic carbocycles. The molecule has 1 aliphatic heterocycles. The van der Waals surface area contributed by atoms with Crippen molar-refractivity contribution in [3.63, 3.8) is 0 Å². The van der Waals surface area contributed by atoms with Crippen LogP contribution in [0.3, 0.4) is 0 Å². The molecule has 0 amide bonds. The van der Waals surface area contributed by atoms with E-state index in [2.05, 4.69) is 10.1 Å². The van der Waals surface area contributed by atoms with Crippen LogP contribution in [0.2, 0.25) is 10.0 Å². The van der Waals surface area contributed by atoms with Gasteiger partial charge in [-0.25, -0.2) is 4.79 Å². The van der Waals surface area contributed by atoms with E-state index in [0.29, 0.717) is 34.6 Å². The third-order valence-electron chi connectivity index (χ3n) is 2.45. The number of hydrogen-bond acceptors (Lipinski definition) is 4. The first-order chi connectivity index (χ1) is 8.15. The van der Waals surface area contributed by atoms with Crippen LogP contribution in [0.1, 0.15) is 16.8 Å². The number of benzene rings is 1. The number of carbonyl (C=O) groups is 1. The Morgan fingerprint density at radius 3 is 3.00 bits per heavy atom. The molecular weight excluding hydrogens is 265 g/mol. The molecule has 0 fully saturated rings. The lowest BCUT2D eigenvalue weighted by atomic mass is 10.1. The molecule has 6 heteroatoms. The number of ether oxygens (including phenoxy) is 2. The summed E-state index contributed by atoms with van der Waals surface area (Å²) in [7, 11) is 1.31. The van der Waals surface area contributed by atoms with Crippen molar-refractivity contribution >= 4 is 34.9 Å². The normalized spacial score (nSPS) is 14.1. The number of rotatable bonds is 1. The van der Waals surface area contributed by atoms with Gasteiger partial charge in [-0.2, -0.15) is 0 Å². The zero-order valence-electron chi connectivity index (χ0n) is 9.18. The minimum absolute atomic E-state index is 0.284. The zero-order chi connectivity index (χ0) is 12.4. The molecule has 0 bridgehead atoms. The highest BCUT2D eigenvalue weighted by molar-refractivity contribution is 6.44. The SMILES string of the molecule is COC(=O)c1cc(Cl)c(Cl)c2c1OCCCN2. The summed E-state index contributed by atoms with van der Waals surface area (Å²) in [6.45, 7) is 1.23. The minimum atomic E-state index is -0.497. The first-order valence-corrected chi connectivity index (χ1v) is 5.87. The van der Waals surface area contributed by atoms with E-state index in [9.17, 15) is 4.79 Å². The molecule has 2 rings (SSSR count). The topological polar surface area (TPSA) is 47.6 Å². The van der Waals surface area contributed by atoms with Crippen LogP contribution >= 0.6 is 23.2 Å². The van der Waals surface area contributed by atoms with Crippen LogP contribution in [0, 0.1) is 0 Å². The van der Waals surface area contributed by atoms with Crippen molar-refractivity contribution in [2.45, 2.75) is 6.42 Å². The fourth-order valence-electron chi connectivity index (χ4n) is 1.64. The largest absolute Gasteiger partial charge is 0.490 e. The third-order valence-corrected chi connectivity index (χ3v) is 3.23. The molecule has 4 nitrogen and oxygen atoms in total. The Balaban J connectivity index is 2.60. The van der Waals surface area contributed by atoms with Gasteiger partial charge in [0, 0.05) is 6.54 Å². The Kier molecular flexibility index (Phi) is 3.64. The smallest absolute Gasteiger partial charge is 0.341 e. The highest BCUT2D eigenvalue weighted by atomic mass is 35.5. The number of esters is 1. The standard InChI is InChI=1S/C11H11Cl2NO3/c1-16-11(15)6-5-7(12)8(13)9-10(6)17-4-2-3-14-9/h5,14H,2-4H2,1H3. The second-order valence-electron chi connectivity index (χ2n) is 3.54. The van der Waals surface area contributed by atoms with Crippen molar-refractivity contribution in [2.24, 2.45) is 0 Å². The van der Waals surface area contributed by atoms with E-state index in [1.165, 1.54) is 13.2 Å². The van der Waals surface area contributed by atoms with E-state index in [-0.39, 0.29) is 5.56 Å². The average Bonchev–Trinajstić information content (AvgIpc) is 2.58. The van der Waals surface area contributed by atoms with E-state index in [4.69, 9.17) is 27.9 Å². The maximum atomic E-state index is 11.6. The van der Waals surface area contributed by atoms with Crippen molar-refractivity contribution in [2.75, 3.05) is 25.6 Å². The lowest BCUT2D eigenvalue weighted by Gasteiger charge is -2.14. The van der Waals surface area contributed by atoms with Crippen molar-refractivity contribution in [3.05, 3.63) is 21.7 Å². The molecule has 1 N–H and O–H groups in total. The lowest BCUT2D eigenvalue weighted by molar-refractivity contribution is 0.0596. The van der Waals surface area contributed by atoms with Gasteiger partial charge < -0.3 is 14.8 Å². The van der Waals surface area contributed by atoms with Crippen LogP contribution < -0.4 is 10.1 Å². The molecule has 0 aromatic heterocycles. The number of hydrogen-bond donors (Lipinski definition) is 1. The van der Waals surface area contributed by atoms with Crippen LogP contribution in [-0.2, 0) is 4.74 Å². The maximum absolute atomic E-state index is 11.6. The zero-order valence-corrected chi connectivity index (χ0v) is 10.7. The summed E-state index contributed by atoms with van der Waals surface area (Å²) in [6, 6.07) is 1.46. The molecule has 1 aromatic carbocycles. The van der Waals surface area contributed by atoms with Gasteiger partial charge in [0.2, 0.25) is 0 Å². The summed E-state index contributed by atoms with van der Waals surface area (Å²) in [5.41, 5.74) is 0.836. The van der Waals surface area contributed by atoms with Gasteiger partial charge in [0.05, 0.1) is 29.4 Å². The van der Waals surface area contributed by atoms with Gasteiger partial charge in [-0.3, -0.25) is 0 Å². The molecule has 0 saturated heterocycles. The van der Waals surface area contributed by atoms with E-state index in [0.717, 1.165) is 6.42 Å². The first-order valence-electron chi connectivity index (χ1n) is 5.12. The van der Waals surface area contributed by atoms with Gasteiger partial charge >= 0.3 is 5.97 Å². The van der Waals surface area contributed by atoms with Crippen molar-refractivity contribution < 1.29 is 14.3 Å². The molecule has 1 aromatic rings. The second-order valence-corrected chi connectivity index (χ2v) is 4.33. The Hall–Kier alpha value is -1.13. The van der Waals surface area contributed by atoms with Crippen LogP contribution in [0.15, 0.2) is 6.07 Å². The van der Waals surface area contributed by atoms with Gasteiger partial charge in [0.15, 0.2) is 5.75 Å². The molecule has 1 aliphatic rings. The third kappa shape index (κ3) is 2.28. The number of halogens is 2. The predicted octanol–water partition coefficient (Wildman–Crippen LogP) is 2.97. The lowest BCUT2D eigenvalue weighted by Crippen LogP contribution is -2.07. The number of methoxy groups -OCH3 is 1. The predicted molar refractivity (Wildman–Crippen MR) is 66.4 cm³/mol. The van der Waals surface area contributed by atoms with Gasteiger partial charge in [-0.15, -0.1) is 0 Å². The summed E-state index contributed by atoms with van der Waals surface area (Å²) >= 11 is 12.0. The fraction of sp³-hybridized carbons (Fsp3) is 0.364. The van der Waals surface area contributed by atoms with Gasteiger partial charge in [0.25, 0.3) is 0 Å². The molecule has 0 atom stereocenters. The fourth-order valence-corrected chi connectivity index (χ4v) is 2.05. The summed E-state index contributed by atoms with van der Waals surface area (Å²) in [4.78, 5) is 11.6. The van der Waals surface area contributed by atoms with E-state index < -0.39 is 5.97 Å². The van der Waals surface area contributed by atoms with E-state index in [1.807, 2.05) is 0 Å². The average molecular weight is 276 g/mol. The van der Waals surface area contributed by atoms with Crippen molar-refractivity contribution in [1.82, 2.24) is 0 Å². The van der Waals surface area contributed by atoms with Crippen LogP contribution in [0.4, 0.5) is 5.69 Å². The van der Waals surface area contributed by atoms with Gasteiger partial charge in [0.1, 0.15) is 5.56 Å². The monoisotopic (exact) mass is 275 g/mol. The van der Waals surface area contributed by atoms with Crippen LogP contribution in [-0.4, -0.2) is 26.2 Å². The highest BCUT2D eigenvalue weighted by Crippen LogP contribution is 2.42. The first kappa shape index (κ1) is 12.3. The van der Waals surface area contributed by atoms with E-state index >= 15 is 0 Å². The molecule has 0 spiro atoms. The number of fused-ring (bicyclic) bond motifs is 1. The quantitative estimate of drug-likeness (QED) is 0.801. The van der Waals surface area contributed by atoms with Crippen LogP contribution in [0.25, 0.3) is 0 Å². The van der Waals surface area contributed by atoms with Gasteiger partial charge in [-0.1, -0.05) is 23.2 Å². The Labute approximate surface area is 109 Å². The van der Waals surface area contributed by atoms with Crippen molar-refractivity contribution in [3.8, 4) is 5.75 Å². The summed E-state index contributed by atoms with van der Waals surface area (Å²) in [5.74, 6) is -0.0905. The molecule has 0 radical (unpaired) electrons. The molecule has 0 saturated carbocycles. The summed E-state index contributed by atoms with van der Waals surface area (Å²) < 4.78 is 10.2. The molecule has 17 heavy (non-hydrogen) atoms. The summed E-state index contributed by atoms with van der Waals surface area (Å²) in [5, 5.41) is 3.76. The molecular formula is C11H11Cl2NO3. The van der Waals surface area contributed by atoms with Gasteiger partial charge in [-0.05, 0) is 12.5 Å². The van der Waals surface area contributed by atoms with E-state index in [1.54, 1.807) is 0 Å². The minimum Gasteiger partial charge on any atom is -0.490 e. The number of carbonyl (C=O) groups excluding carboxylic acids is 1. The highest BCUT2D eigenvalue weighted by Gasteiger charge is 2.23. The van der Waals surface area contributed by atoms with Crippen LogP contribution in [0.5, 0.6) is 5.75 Å². The molecule has 0 unspecified atom stereocenters. The second kappa shape index (κ2) is 5.02. The Morgan fingerprint density at radius 1 is 1.53 bits per heavy atom. The maximum Gasteiger partial charge on any atom is 0.341 e. The molecule has 1 heterocycles. The Bertz CT molecular complexity index is 463. The Morgan fingerprint density at radius 2 is 2.29 bits per heavy atom. The number of anilines is 1. The summed E-state index contributed by atoms with van der Waals surface area (Å²) in [6.07, 6.45) is 0.823. The number of nitrogens with one attached hydrogen (secondary N) is 1.